The monoisotopic (exact) mass is 347 g/mol. The number of nitrogens with zero attached hydrogens (tertiary/aromatic N) is 2. The van der Waals surface area contributed by atoms with Crippen LogP contribution in [0.2, 0.25) is 5.02 Å². The van der Waals surface area contributed by atoms with E-state index in [2.05, 4.69) is 5.10 Å². The van der Waals surface area contributed by atoms with Crippen LogP contribution < -0.4 is 5.73 Å². The average molecular weight is 348 g/mol. The number of benzene rings is 2. The van der Waals surface area contributed by atoms with Gasteiger partial charge in [0.05, 0.1) is 16.3 Å². The minimum atomic E-state index is -3.77. The molecule has 2 N–H and O–H groups in total. The fourth-order valence-corrected chi connectivity index (χ4v) is 4.01. The highest BCUT2D eigenvalue weighted by Gasteiger charge is 2.27. The molecule has 0 atom stereocenters. The minimum absolute atomic E-state index is 0.0173. The first kappa shape index (κ1) is 15.6. The zero-order valence-electron chi connectivity index (χ0n) is 12.3. The van der Waals surface area contributed by atoms with Crippen molar-refractivity contribution >= 4 is 27.3 Å². The molecule has 0 amide bonds. The zero-order valence-corrected chi connectivity index (χ0v) is 13.8. The Morgan fingerprint density at radius 3 is 2.26 bits per heavy atom. The minimum Gasteiger partial charge on any atom is -0.382 e. The van der Waals surface area contributed by atoms with Gasteiger partial charge in [-0.1, -0.05) is 29.8 Å². The van der Waals surface area contributed by atoms with Crippen LogP contribution in [0.5, 0.6) is 0 Å². The van der Waals surface area contributed by atoms with E-state index in [0.29, 0.717) is 16.4 Å². The fourth-order valence-electron chi connectivity index (χ4n) is 2.36. The lowest BCUT2D eigenvalue weighted by Gasteiger charge is -2.06. The number of rotatable bonds is 3. The lowest BCUT2D eigenvalue weighted by Crippen LogP contribution is -2.07. The maximum absolute atomic E-state index is 12.9. The first-order valence-electron chi connectivity index (χ1n) is 6.82. The van der Waals surface area contributed by atoms with Gasteiger partial charge in [0.25, 0.3) is 0 Å². The number of para-hydroxylation sites is 1. The van der Waals surface area contributed by atoms with E-state index in [1.165, 1.54) is 28.9 Å². The number of hydrogen-bond donors (Lipinski definition) is 1. The normalized spacial score (nSPS) is 11.6. The average Bonchev–Trinajstić information content (AvgIpc) is 2.84. The molecule has 0 aliphatic carbocycles. The van der Waals surface area contributed by atoms with Crippen molar-refractivity contribution in [3.8, 4) is 5.69 Å². The Balaban J connectivity index is 2.17. The van der Waals surface area contributed by atoms with Gasteiger partial charge in [-0.3, -0.25) is 0 Å². The van der Waals surface area contributed by atoms with Gasteiger partial charge in [0.15, 0.2) is 0 Å². The molecule has 3 aromatic rings. The van der Waals surface area contributed by atoms with E-state index in [1.807, 2.05) is 30.3 Å². The van der Waals surface area contributed by atoms with Crippen LogP contribution >= 0.6 is 11.6 Å². The number of halogens is 1. The lowest BCUT2D eigenvalue weighted by atomic mass is 10.3. The van der Waals surface area contributed by atoms with E-state index < -0.39 is 9.84 Å². The van der Waals surface area contributed by atoms with E-state index in [9.17, 15) is 8.42 Å². The number of anilines is 1. The molecule has 0 bridgehead atoms. The van der Waals surface area contributed by atoms with Gasteiger partial charge >= 0.3 is 0 Å². The SMILES string of the molecule is Cc1nn(-c2ccccc2)c(N)c1S(=O)(=O)c1ccc(Cl)cc1. The molecule has 23 heavy (non-hydrogen) atoms. The highest BCUT2D eigenvalue weighted by atomic mass is 35.5. The highest BCUT2D eigenvalue weighted by molar-refractivity contribution is 7.91. The van der Waals surface area contributed by atoms with Crippen molar-refractivity contribution < 1.29 is 8.42 Å². The van der Waals surface area contributed by atoms with E-state index >= 15 is 0 Å². The van der Waals surface area contributed by atoms with Crippen LogP contribution in [-0.2, 0) is 9.84 Å². The number of nitrogens with two attached hydrogens (primary N) is 1. The van der Waals surface area contributed by atoms with Crippen molar-refractivity contribution in [2.24, 2.45) is 0 Å². The number of hydrogen-bond acceptors (Lipinski definition) is 4. The number of sulfone groups is 1. The van der Waals surface area contributed by atoms with Crippen LogP contribution in [-0.4, -0.2) is 18.2 Å². The van der Waals surface area contributed by atoms with E-state index in [4.69, 9.17) is 17.3 Å². The molecule has 0 saturated carbocycles. The molecule has 5 nitrogen and oxygen atoms in total. The third-order valence-electron chi connectivity index (χ3n) is 3.43. The summed E-state index contributed by atoms with van der Waals surface area (Å²) in [6, 6.07) is 15.1. The van der Waals surface area contributed by atoms with E-state index in [1.54, 1.807) is 6.92 Å². The van der Waals surface area contributed by atoms with Gasteiger partial charge in [0, 0.05) is 5.02 Å². The molecular formula is C16H14ClN3O2S. The Kier molecular flexibility index (Phi) is 3.87. The summed E-state index contributed by atoms with van der Waals surface area (Å²) in [5.74, 6) is 0.0867. The summed E-state index contributed by atoms with van der Waals surface area (Å²) in [6.45, 7) is 1.62. The predicted octanol–water partition coefficient (Wildman–Crippen LogP) is 3.25. The van der Waals surface area contributed by atoms with Crippen molar-refractivity contribution in [2.75, 3.05) is 5.73 Å². The molecule has 1 heterocycles. The Hall–Kier alpha value is -2.31. The molecular weight excluding hydrogens is 334 g/mol. The fraction of sp³-hybridized carbons (Fsp3) is 0.0625. The summed E-state index contributed by atoms with van der Waals surface area (Å²) in [5.41, 5.74) is 7.13. The first-order chi connectivity index (χ1) is 10.9. The molecule has 3 rings (SSSR count). The molecule has 0 saturated heterocycles. The number of aryl methyl sites for hydroxylation is 1. The second kappa shape index (κ2) is 5.72. The topological polar surface area (TPSA) is 78.0 Å². The Morgan fingerprint density at radius 2 is 1.65 bits per heavy atom. The molecule has 0 radical (unpaired) electrons. The summed E-state index contributed by atoms with van der Waals surface area (Å²) < 4.78 is 27.1. The van der Waals surface area contributed by atoms with Gasteiger partial charge in [0.2, 0.25) is 9.84 Å². The number of nitrogen functional groups attached to an aromatic ring is 1. The smallest absolute Gasteiger partial charge is 0.212 e. The second-order valence-electron chi connectivity index (χ2n) is 5.00. The molecule has 0 spiro atoms. The van der Waals surface area contributed by atoms with Crippen LogP contribution in [0.4, 0.5) is 5.82 Å². The lowest BCUT2D eigenvalue weighted by molar-refractivity contribution is 0.596. The maximum Gasteiger partial charge on any atom is 0.212 e. The quantitative estimate of drug-likeness (QED) is 0.788. The molecule has 1 aromatic heterocycles. The zero-order chi connectivity index (χ0) is 16.6. The molecule has 0 fully saturated rings. The second-order valence-corrected chi connectivity index (χ2v) is 7.33. The molecule has 0 unspecified atom stereocenters. The van der Waals surface area contributed by atoms with Crippen molar-refractivity contribution in [1.29, 1.82) is 0 Å². The third kappa shape index (κ3) is 2.71. The maximum atomic E-state index is 12.9. The molecule has 2 aromatic carbocycles. The van der Waals surface area contributed by atoms with Crippen molar-refractivity contribution in [1.82, 2.24) is 9.78 Å². The predicted molar refractivity (Wildman–Crippen MR) is 89.6 cm³/mol. The summed E-state index contributed by atoms with van der Waals surface area (Å²) in [7, 11) is -3.77. The van der Waals surface area contributed by atoms with Crippen molar-refractivity contribution in [3.05, 3.63) is 65.3 Å². The third-order valence-corrected chi connectivity index (χ3v) is 5.62. The first-order valence-corrected chi connectivity index (χ1v) is 8.68. The Bertz CT molecular complexity index is 949. The largest absolute Gasteiger partial charge is 0.382 e. The van der Waals surface area contributed by atoms with Gasteiger partial charge < -0.3 is 5.73 Å². The standard InChI is InChI=1S/C16H14ClN3O2S/c1-11-15(23(21,22)14-9-7-12(17)8-10-14)16(18)20(19-11)13-5-3-2-4-6-13/h2-10H,18H2,1H3. The molecule has 0 aliphatic heterocycles. The van der Waals surface area contributed by atoms with Gasteiger partial charge in [-0.05, 0) is 43.3 Å². The van der Waals surface area contributed by atoms with Crippen molar-refractivity contribution in [2.45, 2.75) is 16.7 Å². The van der Waals surface area contributed by atoms with Gasteiger partial charge in [-0.15, -0.1) is 0 Å². The summed E-state index contributed by atoms with van der Waals surface area (Å²) in [6.07, 6.45) is 0. The van der Waals surface area contributed by atoms with E-state index in [0.717, 1.165) is 0 Å². The molecule has 118 valence electrons. The van der Waals surface area contributed by atoms with Crippen LogP contribution in [0.1, 0.15) is 5.69 Å². The van der Waals surface area contributed by atoms with Gasteiger partial charge in [-0.25, -0.2) is 13.1 Å². The van der Waals surface area contributed by atoms with Crippen molar-refractivity contribution in [3.63, 3.8) is 0 Å². The van der Waals surface area contributed by atoms with Crippen LogP contribution in [0, 0.1) is 6.92 Å². The van der Waals surface area contributed by atoms with Crippen LogP contribution in [0.3, 0.4) is 0 Å². The number of aromatic nitrogens is 2. The summed E-state index contributed by atoms with van der Waals surface area (Å²) >= 11 is 5.82. The molecule has 0 aliphatic rings. The van der Waals surface area contributed by atoms with Gasteiger partial charge in [0.1, 0.15) is 10.7 Å². The van der Waals surface area contributed by atoms with Gasteiger partial charge in [-0.2, -0.15) is 5.10 Å². The van der Waals surface area contributed by atoms with E-state index in [-0.39, 0.29) is 15.6 Å². The van der Waals surface area contributed by atoms with Crippen LogP contribution in [0.15, 0.2) is 64.4 Å². The Labute approximate surface area is 139 Å². The highest BCUT2D eigenvalue weighted by Crippen LogP contribution is 2.31. The summed E-state index contributed by atoms with van der Waals surface area (Å²) in [4.78, 5) is 0.146. The van der Waals surface area contributed by atoms with Crippen LogP contribution in [0.25, 0.3) is 5.69 Å². The summed E-state index contributed by atoms with van der Waals surface area (Å²) in [5, 5.41) is 4.74. The Morgan fingerprint density at radius 1 is 1.04 bits per heavy atom. The molecule has 7 heteroatoms.